The minimum atomic E-state index is 0.658. The van der Waals surface area contributed by atoms with Crippen molar-refractivity contribution in [1.29, 1.82) is 0 Å². The highest BCUT2D eigenvalue weighted by atomic mass is 15.2. The van der Waals surface area contributed by atoms with Gasteiger partial charge >= 0.3 is 0 Å². The molecule has 4 heteroatoms. The molecule has 0 amide bonds. The Morgan fingerprint density at radius 1 is 0.339 bits per heavy atom. The van der Waals surface area contributed by atoms with Crippen LogP contribution in [0.1, 0.15) is 0 Å². The van der Waals surface area contributed by atoms with E-state index in [1.54, 1.807) is 0 Å². The standard InChI is InChI=1S/C52H30N4/c1-2-12-31(13-3-1)33-17-8-18-36(28-33)49-41-27-26-32-14-6-7-19-37(32)50(41)54-52(53-49)56-43-23-10-20-38-39-21-9-22-40-42-29-34-15-4-5-16-35(34)30-46(42)55(51(39)40)44-24-11-25-45(56)48(44)47(38)43/h1-30H. The van der Waals surface area contributed by atoms with Crippen LogP contribution in [0.3, 0.4) is 0 Å². The Bertz CT molecular complexity index is 3760. The summed E-state index contributed by atoms with van der Waals surface area (Å²) in [5.41, 5.74) is 11.0. The topological polar surface area (TPSA) is 35.1 Å². The highest BCUT2D eigenvalue weighted by molar-refractivity contribution is 6.31. The van der Waals surface area contributed by atoms with Crippen LogP contribution in [0.4, 0.5) is 0 Å². The Labute approximate surface area is 320 Å². The molecule has 0 atom stereocenters. The first-order chi connectivity index (χ1) is 27.8. The van der Waals surface area contributed by atoms with Gasteiger partial charge in [-0.25, -0.2) is 9.97 Å². The molecule has 0 unspecified atom stereocenters. The lowest BCUT2D eigenvalue weighted by atomic mass is 9.98. The number of benzene rings is 9. The summed E-state index contributed by atoms with van der Waals surface area (Å²) in [6.45, 7) is 0. The summed E-state index contributed by atoms with van der Waals surface area (Å²) in [5.74, 6) is 0.658. The van der Waals surface area contributed by atoms with Crippen molar-refractivity contribution in [3.63, 3.8) is 0 Å². The minimum absolute atomic E-state index is 0.658. The molecule has 0 fully saturated rings. The van der Waals surface area contributed by atoms with Gasteiger partial charge in [-0.05, 0) is 75.1 Å². The fourth-order valence-corrected chi connectivity index (χ4v) is 9.58. The van der Waals surface area contributed by atoms with Gasteiger partial charge in [-0.2, -0.15) is 0 Å². The van der Waals surface area contributed by atoms with Gasteiger partial charge in [-0.15, -0.1) is 0 Å². The number of aromatic nitrogens is 4. The average molecular weight is 711 g/mol. The molecule has 0 spiro atoms. The van der Waals surface area contributed by atoms with Crippen LogP contribution in [0.5, 0.6) is 0 Å². The maximum Gasteiger partial charge on any atom is 0.235 e. The van der Waals surface area contributed by atoms with Crippen molar-refractivity contribution in [1.82, 2.24) is 18.9 Å². The fourth-order valence-electron chi connectivity index (χ4n) is 9.58. The SMILES string of the molecule is c1ccc(-c2cccc(-c3nc(-n4c5cccc6c7cccc8c9cc%10ccccc%10cc9n(c9cccc4c9c65)c78)nc4c3ccc3ccccc34)c2)cc1. The quantitative estimate of drug-likeness (QED) is 0.171. The molecule has 0 aliphatic heterocycles. The van der Waals surface area contributed by atoms with Crippen LogP contribution < -0.4 is 0 Å². The lowest BCUT2D eigenvalue weighted by Gasteiger charge is -2.14. The Morgan fingerprint density at radius 2 is 0.964 bits per heavy atom. The van der Waals surface area contributed by atoms with E-state index in [1.165, 1.54) is 65.2 Å². The molecule has 13 rings (SSSR count). The number of nitrogens with zero attached hydrogens (tertiary/aromatic N) is 4. The second kappa shape index (κ2) is 11.0. The summed E-state index contributed by atoms with van der Waals surface area (Å²) in [5, 5.41) is 13.2. The first kappa shape index (κ1) is 29.8. The molecule has 4 nitrogen and oxygen atoms in total. The Balaban J connectivity index is 1.19. The van der Waals surface area contributed by atoms with E-state index in [1.807, 2.05) is 0 Å². The predicted molar refractivity (Wildman–Crippen MR) is 234 cm³/mol. The zero-order chi connectivity index (χ0) is 36.5. The third-order valence-corrected chi connectivity index (χ3v) is 12.0. The summed E-state index contributed by atoms with van der Waals surface area (Å²) in [7, 11) is 0. The van der Waals surface area contributed by atoms with Crippen molar-refractivity contribution in [2.45, 2.75) is 0 Å². The lowest BCUT2D eigenvalue weighted by Crippen LogP contribution is -2.04. The second-order valence-corrected chi connectivity index (χ2v) is 15.0. The van der Waals surface area contributed by atoms with Crippen LogP contribution in [-0.4, -0.2) is 18.9 Å². The van der Waals surface area contributed by atoms with Gasteiger partial charge in [0.15, 0.2) is 0 Å². The molecule has 0 aliphatic rings. The van der Waals surface area contributed by atoms with E-state index in [0.29, 0.717) is 5.95 Å². The van der Waals surface area contributed by atoms with Crippen LogP contribution in [0, 0.1) is 0 Å². The van der Waals surface area contributed by atoms with Crippen molar-refractivity contribution in [2.24, 2.45) is 0 Å². The smallest absolute Gasteiger partial charge is 0.235 e. The second-order valence-electron chi connectivity index (χ2n) is 15.0. The number of rotatable bonds is 3. The molecular formula is C52H30N4. The van der Waals surface area contributed by atoms with Gasteiger partial charge < -0.3 is 4.40 Å². The van der Waals surface area contributed by atoms with Crippen LogP contribution in [0.2, 0.25) is 0 Å². The molecule has 4 aromatic heterocycles. The molecule has 9 aromatic carbocycles. The molecule has 0 bridgehead atoms. The van der Waals surface area contributed by atoms with E-state index in [0.717, 1.165) is 49.5 Å². The molecule has 258 valence electrons. The van der Waals surface area contributed by atoms with Crippen molar-refractivity contribution in [3.05, 3.63) is 182 Å². The molecule has 0 radical (unpaired) electrons. The molecule has 4 heterocycles. The van der Waals surface area contributed by atoms with Crippen LogP contribution in [0.15, 0.2) is 182 Å². The van der Waals surface area contributed by atoms with Gasteiger partial charge in [0.2, 0.25) is 5.95 Å². The summed E-state index contributed by atoms with van der Waals surface area (Å²) in [6.07, 6.45) is 0. The molecule has 0 saturated carbocycles. The van der Waals surface area contributed by atoms with Gasteiger partial charge in [-0.3, -0.25) is 4.57 Å². The summed E-state index contributed by atoms with van der Waals surface area (Å²) >= 11 is 0. The predicted octanol–water partition coefficient (Wildman–Crippen LogP) is 13.5. The van der Waals surface area contributed by atoms with Gasteiger partial charge in [-0.1, -0.05) is 140 Å². The van der Waals surface area contributed by atoms with Crippen molar-refractivity contribution in [3.8, 4) is 28.3 Å². The largest absolute Gasteiger partial charge is 0.308 e. The minimum Gasteiger partial charge on any atom is -0.308 e. The third-order valence-electron chi connectivity index (χ3n) is 12.0. The van der Waals surface area contributed by atoms with E-state index >= 15 is 0 Å². The Hall–Kier alpha value is -7.56. The van der Waals surface area contributed by atoms with Crippen molar-refractivity contribution in [2.75, 3.05) is 0 Å². The van der Waals surface area contributed by atoms with Gasteiger partial charge in [0.1, 0.15) is 0 Å². The Morgan fingerprint density at radius 3 is 1.84 bits per heavy atom. The van der Waals surface area contributed by atoms with Crippen molar-refractivity contribution >= 4 is 92.3 Å². The normalized spacial score (nSPS) is 12.3. The van der Waals surface area contributed by atoms with Crippen LogP contribution in [-0.2, 0) is 0 Å². The van der Waals surface area contributed by atoms with E-state index in [9.17, 15) is 0 Å². The highest BCUT2D eigenvalue weighted by Gasteiger charge is 2.24. The van der Waals surface area contributed by atoms with E-state index < -0.39 is 0 Å². The first-order valence-electron chi connectivity index (χ1n) is 19.2. The van der Waals surface area contributed by atoms with Gasteiger partial charge in [0.05, 0.1) is 38.8 Å². The van der Waals surface area contributed by atoms with E-state index in [-0.39, 0.29) is 0 Å². The zero-order valence-electron chi connectivity index (χ0n) is 30.1. The molecule has 0 N–H and O–H groups in total. The molecular weight excluding hydrogens is 681 g/mol. The third kappa shape index (κ3) is 3.97. The van der Waals surface area contributed by atoms with Gasteiger partial charge in [0.25, 0.3) is 0 Å². The van der Waals surface area contributed by atoms with Gasteiger partial charge in [0, 0.05) is 43.3 Å². The van der Waals surface area contributed by atoms with Crippen LogP contribution in [0.25, 0.3) is 121 Å². The average Bonchev–Trinajstić information content (AvgIpc) is 3.73. The van der Waals surface area contributed by atoms with E-state index in [2.05, 4.69) is 191 Å². The monoisotopic (exact) mass is 710 g/mol. The van der Waals surface area contributed by atoms with E-state index in [4.69, 9.17) is 9.97 Å². The summed E-state index contributed by atoms with van der Waals surface area (Å²) < 4.78 is 4.81. The first-order valence-corrected chi connectivity index (χ1v) is 19.2. The number of hydrogen-bond donors (Lipinski definition) is 0. The van der Waals surface area contributed by atoms with Crippen LogP contribution >= 0.6 is 0 Å². The molecule has 0 saturated heterocycles. The zero-order valence-corrected chi connectivity index (χ0v) is 30.1. The molecule has 0 aliphatic carbocycles. The maximum atomic E-state index is 5.56. The number of hydrogen-bond acceptors (Lipinski definition) is 2. The Kier molecular flexibility index (Phi) is 5.86. The summed E-state index contributed by atoms with van der Waals surface area (Å²) in [4.78, 5) is 11.1. The lowest BCUT2D eigenvalue weighted by molar-refractivity contribution is 1.02. The number of para-hydroxylation sites is 1. The fraction of sp³-hybridized carbons (Fsp3) is 0. The molecule has 13 aromatic rings. The number of fused-ring (bicyclic) bond motifs is 9. The summed E-state index contributed by atoms with van der Waals surface area (Å²) in [6, 6.07) is 65.9. The maximum absolute atomic E-state index is 5.56. The van der Waals surface area contributed by atoms with Crippen molar-refractivity contribution < 1.29 is 0 Å². The molecule has 56 heavy (non-hydrogen) atoms. The highest BCUT2D eigenvalue weighted by Crippen LogP contribution is 2.45.